The average Bonchev–Trinajstić information content (AvgIpc) is 2.06. The van der Waals surface area contributed by atoms with E-state index in [2.05, 4.69) is 10.1 Å². The lowest BCUT2D eigenvalue weighted by molar-refractivity contribution is -0.144. The average molecular weight is 196 g/mol. The van der Waals surface area contributed by atoms with Crippen molar-refractivity contribution in [2.45, 2.75) is 12.5 Å². The zero-order valence-electron chi connectivity index (χ0n) is 7.04. The smallest absolute Gasteiger partial charge is 0.308 e. The molecule has 1 N–H and O–H groups in total. The number of carbonyl (C=O) groups is 1. The number of ether oxygens (including phenoxy) is 2. The molecule has 1 fully saturated rings. The van der Waals surface area contributed by atoms with Crippen LogP contribution in [0.15, 0.2) is 0 Å². The first-order valence-electron chi connectivity index (χ1n) is 3.72. The summed E-state index contributed by atoms with van der Waals surface area (Å²) in [4.78, 5) is 10.8. The molecule has 0 aromatic carbocycles. The van der Waals surface area contributed by atoms with Gasteiger partial charge in [-0.05, 0) is 0 Å². The molecular weight excluding hydrogens is 182 g/mol. The van der Waals surface area contributed by atoms with Gasteiger partial charge >= 0.3 is 5.97 Å². The van der Waals surface area contributed by atoms with Crippen molar-refractivity contribution in [3.63, 3.8) is 0 Å². The van der Waals surface area contributed by atoms with E-state index >= 15 is 0 Å². The van der Waals surface area contributed by atoms with Crippen molar-refractivity contribution in [1.82, 2.24) is 5.32 Å². The molecule has 0 aromatic rings. The van der Waals surface area contributed by atoms with Crippen molar-refractivity contribution in [2.75, 3.05) is 26.8 Å². The van der Waals surface area contributed by atoms with Crippen LogP contribution in [0.1, 0.15) is 6.42 Å². The lowest BCUT2D eigenvalue weighted by atomic mass is 10.2. The number of halogens is 1. The molecule has 0 amide bonds. The van der Waals surface area contributed by atoms with Crippen molar-refractivity contribution in [2.24, 2.45) is 0 Å². The fourth-order valence-electron chi connectivity index (χ4n) is 1.02. The molecule has 72 valence electrons. The number of hydrogen-bond acceptors (Lipinski definition) is 4. The lowest BCUT2D eigenvalue weighted by Gasteiger charge is -2.22. The largest absolute Gasteiger partial charge is 0.469 e. The van der Waals surface area contributed by atoms with E-state index < -0.39 is 0 Å². The second-order valence-corrected chi connectivity index (χ2v) is 2.48. The van der Waals surface area contributed by atoms with Crippen molar-refractivity contribution in [3.05, 3.63) is 0 Å². The molecule has 0 saturated carbocycles. The van der Waals surface area contributed by atoms with Gasteiger partial charge in [0.1, 0.15) is 0 Å². The molecule has 1 heterocycles. The summed E-state index contributed by atoms with van der Waals surface area (Å²) in [7, 11) is 1.39. The number of rotatable bonds is 2. The summed E-state index contributed by atoms with van der Waals surface area (Å²) in [6.45, 7) is 2.30. The number of morpholine rings is 1. The molecule has 1 aliphatic rings. The normalized spacial score (nSPS) is 22.6. The highest BCUT2D eigenvalue weighted by molar-refractivity contribution is 5.85. The molecule has 5 heteroatoms. The minimum atomic E-state index is -0.210. The van der Waals surface area contributed by atoms with Gasteiger partial charge in [-0.15, -0.1) is 12.4 Å². The van der Waals surface area contributed by atoms with Gasteiger partial charge in [0.25, 0.3) is 0 Å². The summed E-state index contributed by atoms with van der Waals surface area (Å²) >= 11 is 0. The molecule has 1 rings (SSSR count). The minimum absolute atomic E-state index is 0. The Hall–Kier alpha value is -0.320. The molecule has 0 bridgehead atoms. The topological polar surface area (TPSA) is 47.6 Å². The summed E-state index contributed by atoms with van der Waals surface area (Å²) in [5, 5.41) is 3.13. The summed E-state index contributed by atoms with van der Waals surface area (Å²) in [6, 6.07) is 0. The van der Waals surface area contributed by atoms with Crippen LogP contribution in [0.5, 0.6) is 0 Å². The van der Waals surface area contributed by atoms with Gasteiger partial charge in [-0.3, -0.25) is 4.79 Å². The van der Waals surface area contributed by atoms with E-state index in [9.17, 15) is 4.79 Å². The monoisotopic (exact) mass is 195 g/mol. The Kier molecular flexibility index (Phi) is 6.06. The number of esters is 1. The van der Waals surface area contributed by atoms with E-state index in [1.165, 1.54) is 7.11 Å². The molecule has 1 atom stereocenters. The number of nitrogens with one attached hydrogen (secondary N) is 1. The molecule has 4 nitrogen and oxygen atoms in total. The number of carbonyl (C=O) groups excluding carboxylic acids is 1. The third kappa shape index (κ3) is 3.90. The van der Waals surface area contributed by atoms with Gasteiger partial charge in [0, 0.05) is 13.1 Å². The molecule has 1 aliphatic heterocycles. The van der Waals surface area contributed by atoms with Crippen LogP contribution in [-0.2, 0) is 14.3 Å². The first kappa shape index (κ1) is 11.7. The standard InChI is InChI=1S/C7H13NO3.ClH/c1-10-7(9)4-6-5-8-2-3-11-6;/h6,8H,2-5H2,1H3;1H/t6-;/m1./s1. The Labute approximate surface area is 78.0 Å². The van der Waals surface area contributed by atoms with Gasteiger partial charge in [0.2, 0.25) is 0 Å². The predicted octanol–water partition coefficient (Wildman–Crippen LogP) is -0.0403. The van der Waals surface area contributed by atoms with Crippen LogP contribution in [0.25, 0.3) is 0 Å². The van der Waals surface area contributed by atoms with Gasteiger partial charge in [-0.2, -0.15) is 0 Å². The lowest BCUT2D eigenvalue weighted by Crippen LogP contribution is -2.39. The molecule has 0 radical (unpaired) electrons. The quantitative estimate of drug-likeness (QED) is 0.629. The molecule has 0 aromatic heterocycles. The third-order valence-electron chi connectivity index (χ3n) is 1.63. The van der Waals surface area contributed by atoms with Crippen LogP contribution >= 0.6 is 12.4 Å². The van der Waals surface area contributed by atoms with Crippen LogP contribution in [0.4, 0.5) is 0 Å². The van der Waals surface area contributed by atoms with E-state index in [0.717, 1.165) is 13.1 Å². The molecule has 0 aliphatic carbocycles. The second-order valence-electron chi connectivity index (χ2n) is 2.48. The first-order chi connectivity index (χ1) is 5.33. The maximum atomic E-state index is 10.8. The molecule has 0 spiro atoms. The first-order valence-corrected chi connectivity index (χ1v) is 3.72. The van der Waals surface area contributed by atoms with Crippen molar-refractivity contribution in [1.29, 1.82) is 0 Å². The highest BCUT2D eigenvalue weighted by atomic mass is 35.5. The third-order valence-corrected chi connectivity index (χ3v) is 1.63. The summed E-state index contributed by atoms with van der Waals surface area (Å²) in [5.74, 6) is -0.210. The molecular formula is C7H14ClNO3. The molecule has 12 heavy (non-hydrogen) atoms. The highest BCUT2D eigenvalue weighted by Crippen LogP contribution is 2.01. The van der Waals surface area contributed by atoms with Gasteiger partial charge in [-0.25, -0.2) is 0 Å². The SMILES string of the molecule is COC(=O)C[C@@H]1CNCCO1.Cl. The highest BCUT2D eigenvalue weighted by Gasteiger charge is 2.16. The van der Waals surface area contributed by atoms with Crippen LogP contribution in [-0.4, -0.2) is 38.9 Å². The van der Waals surface area contributed by atoms with Crippen LogP contribution < -0.4 is 5.32 Å². The van der Waals surface area contributed by atoms with E-state index in [4.69, 9.17) is 4.74 Å². The summed E-state index contributed by atoms with van der Waals surface area (Å²) in [5.41, 5.74) is 0. The second kappa shape index (κ2) is 6.22. The Morgan fingerprint density at radius 1 is 1.75 bits per heavy atom. The molecule has 0 unspecified atom stereocenters. The van der Waals surface area contributed by atoms with E-state index in [1.54, 1.807) is 0 Å². The Balaban J connectivity index is 0.00000121. The molecule has 1 saturated heterocycles. The van der Waals surface area contributed by atoms with Gasteiger partial charge in [0.15, 0.2) is 0 Å². The van der Waals surface area contributed by atoms with Crippen molar-refractivity contribution < 1.29 is 14.3 Å². The summed E-state index contributed by atoms with van der Waals surface area (Å²) in [6.07, 6.45) is 0.347. The van der Waals surface area contributed by atoms with E-state index in [0.29, 0.717) is 13.0 Å². The zero-order chi connectivity index (χ0) is 8.10. The predicted molar refractivity (Wildman–Crippen MR) is 46.5 cm³/mol. The zero-order valence-corrected chi connectivity index (χ0v) is 7.86. The Bertz CT molecular complexity index is 137. The summed E-state index contributed by atoms with van der Waals surface area (Å²) < 4.78 is 9.79. The fourth-order valence-corrected chi connectivity index (χ4v) is 1.02. The van der Waals surface area contributed by atoms with Gasteiger partial charge in [0.05, 0.1) is 26.2 Å². The Morgan fingerprint density at radius 2 is 2.50 bits per heavy atom. The maximum absolute atomic E-state index is 10.8. The Morgan fingerprint density at radius 3 is 3.00 bits per heavy atom. The van der Waals surface area contributed by atoms with Crippen molar-refractivity contribution >= 4 is 18.4 Å². The number of methoxy groups -OCH3 is 1. The fraction of sp³-hybridized carbons (Fsp3) is 0.857. The minimum Gasteiger partial charge on any atom is -0.469 e. The number of hydrogen-bond donors (Lipinski definition) is 1. The van der Waals surface area contributed by atoms with E-state index in [1.807, 2.05) is 0 Å². The van der Waals surface area contributed by atoms with Crippen LogP contribution in [0.3, 0.4) is 0 Å². The van der Waals surface area contributed by atoms with Crippen LogP contribution in [0, 0.1) is 0 Å². The van der Waals surface area contributed by atoms with E-state index in [-0.39, 0.29) is 24.5 Å². The van der Waals surface area contributed by atoms with Crippen LogP contribution in [0.2, 0.25) is 0 Å². The van der Waals surface area contributed by atoms with Gasteiger partial charge in [-0.1, -0.05) is 0 Å². The van der Waals surface area contributed by atoms with Crippen molar-refractivity contribution in [3.8, 4) is 0 Å². The van der Waals surface area contributed by atoms with Gasteiger partial charge < -0.3 is 14.8 Å². The maximum Gasteiger partial charge on any atom is 0.308 e.